The van der Waals surface area contributed by atoms with Crippen molar-refractivity contribution in [3.63, 3.8) is 0 Å². The Morgan fingerprint density at radius 3 is 2.94 bits per heavy atom. The number of hydrogen-bond acceptors (Lipinski definition) is 2. The lowest BCUT2D eigenvalue weighted by molar-refractivity contribution is 0.0867. The first kappa shape index (κ1) is 13.5. The average molecular weight is 251 g/mol. The van der Waals surface area contributed by atoms with Crippen LogP contribution in [0.25, 0.3) is 0 Å². The highest BCUT2D eigenvalue weighted by molar-refractivity contribution is 5.20. The summed E-state index contributed by atoms with van der Waals surface area (Å²) in [5.41, 5.74) is 0.740. The Bertz CT molecular complexity index is 383. The van der Waals surface area contributed by atoms with Crippen molar-refractivity contribution < 1.29 is 9.13 Å². The van der Waals surface area contributed by atoms with Crippen LogP contribution in [0.4, 0.5) is 4.39 Å². The summed E-state index contributed by atoms with van der Waals surface area (Å²) in [6.45, 7) is 5.92. The van der Waals surface area contributed by atoms with Crippen molar-refractivity contribution in [1.29, 1.82) is 0 Å². The van der Waals surface area contributed by atoms with Crippen molar-refractivity contribution in [2.45, 2.75) is 38.8 Å². The average Bonchev–Trinajstić information content (AvgIpc) is 2.84. The Hall–Kier alpha value is -0.930. The molecule has 100 valence electrons. The van der Waals surface area contributed by atoms with E-state index in [4.69, 9.17) is 4.74 Å². The van der Waals surface area contributed by atoms with E-state index >= 15 is 0 Å². The number of ether oxygens (including phenoxy) is 1. The second-order valence-electron chi connectivity index (χ2n) is 5.02. The monoisotopic (exact) mass is 251 g/mol. The minimum absolute atomic E-state index is 0.0457. The third-order valence-corrected chi connectivity index (χ3v) is 3.81. The maximum absolute atomic E-state index is 13.6. The van der Waals surface area contributed by atoms with Gasteiger partial charge in [-0.05, 0) is 31.7 Å². The number of nitrogens with one attached hydrogen (secondary N) is 1. The maximum atomic E-state index is 13.6. The normalized spacial score (nSPS) is 25.3. The third-order valence-electron chi connectivity index (χ3n) is 3.81. The minimum atomic E-state index is -0.132. The van der Waals surface area contributed by atoms with Crippen LogP contribution < -0.4 is 5.32 Å². The zero-order valence-corrected chi connectivity index (χ0v) is 11.2. The summed E-state index contributed by atoms with van der Waals surface area (Å²) in [5.74, 6) is 0.427. The molecule has 3 atom stereocenters. The van der Waals surface area contributed by atoms with E-state index in [0.29, 0.717) is 12.0 Å². The smallest absolute Gasteiger partial charge is 0.127 e. The molecular weight excluding hydrogens is 229 g/mol. The quantitative estimate of drug-likeness (QED) is 0.867. The standard InChI is InChI=1S/C15H22FNO/c1-3-15-12(8-9-18-15)10-17-11(2)13-6-4-5-7-14(13)16/h4-7,11-12,15,17H,3,8-10H2,1-2H3. The maximum Gasteiger partial charge on any atom is 0.127 e. The summed E-state index contributed by atoms with van der Waals surface area (Å²) >= 11 is 0. The third kappa shape index (κ3) is 3.09. The molecule has 0 radical (unpaired) electrons. The van der Waals surface area contributed by atoms with Gasteiger partial charge in [0.05, 0.1) is 6.10 Å². The Morgan fingerprint density at radius 2 is 2.22 bits per heavy atom. The van der Waals surface area contributed by atoms with Crippen LogP contribution in [0.5, 0.6) is 0 Å². The van der Waals surface area contributed by atoms with Crippen molar-refractivity contribution in [3.05, 3.63) is 35.6 Å². The number of rotatable bonds is 5. The van der Waals surface area contributed by atoms with Crippen LogP contribution in [0, 0.1) is 11.7 Å². The van der Waals surface area contributed by atoms with E-state index in [1.165, 1.54) is 6.07 Å². The van der Waals surface area contributed by atoms with Crippen LogP contribution in [0.2, 0.25) is 0 Å². The molecule has 18 heavy (non-hydrogen) atoms. The van der Waals surface area contributed by atoms with Gasteiger partial charge in [0.1, 0.15) is 5.82 Å². The molecule has 1 N–H and O–H groups in total. The number of hydrogen-bond donors (Lipinski definition) is 1. The summed E-state index contributed by atoms with van der Waals surface area (Å²) in [7, 11) is 0. The first-order valence-corrected chi connectivity index (χ1v) is 6.81. The Morgan fingerprint density at radius 1 is 1.44 bits per heavy atom. The molecule has 1 aromatic rings. The van der Waals surface area contributed by atoms with Crippen molar-refractivity contribution in [1.82, 2.24) is 5.32 Å². The molecular formula is C15H22FNO. The van der Waals surface area contributed by atoms with E-state index in [2.05, 4.69) is 12.2 Å². The van der Waals surface area contributed by atoms with Gasteiger partial charge in [0.2, 0.25) is 0 Å². The van der Waals surface area contributed by atoms with E-state index < -0.39 is 0 Å². The molecule has 1 saturated heterocycles. The van der Waals surface area contributed by atoms with Gasteiger partial charge in [-0.15, -0.1) is 0 Å². The predicted octanol–water partition coefficient (Wildman–Crippen LogP) is 3.29. The Labute approximate surface area is 109 Å². The first-order valence-electron chi connectivity index (χ1n) is 6.81. The van der Waals surface area contributed by atoms with Gasteiger partial charge in [-0.3, -0.25) is 0 Å². The lowest BCUT2D eigenvalue weighted by atomic mass is 9.98. The fraction of sp³-hybridized carbons (Fsp3) is 0.600. The first-order chi connectivity index (χ1) is 8.72. The molecule has 1 fully saturated rings. The zero-order valence-electron chi connectivity index (χ0n) is 11.2. The SMILES string of the molecule is CCC1OCCC1CNC(C)c1ccccc1F. The summed E-state index contributed by atoms with van der Waals surface area (Å²) in [6, 6.07) is 7.01. The second-order valence-corrected chi connectivity index (χ2v) is 5.02. The van der Waals surface area contributed by atoms with Crippen LogP contribution in [0.3, 0.4) is 0 Å². The van der Waals surface area contributed by atoms with Crippen molar-refractivity contribution >= 4 is 0 Å². The van der Waals surface area contributed by atoms with Crippen molar-refractivity contribution in [2.24, 2.45) is 5.92 Å². The van der Waals surface area contributed by atoms with Gasteiger partial charge in [0, 0.05) is 24.8 Å². The molecule has 0 bridgehead atoms. The molecule has 0 spiro atoms. The highest BCUT2D eigenvalue weighted by Crippen LogP contribution is 2.24. The molecule has 2 rings (SSSR count). The van der Waals surface area contributed by atoms with Gasteiger partial charge in [-0.1, -0.05) is 25.1 Å². The lowest BCUT2D eigenvalue weighted by Gasteiger charge is -2.21. The number of halogens is 1. The summed E-state index contributed by atoms with van der Waals surface area (Å²) < 4.78 is 19.3. The molecule has 0 saturated carbocycles. The van der Waals surface area contributed by atoms with Gasteiger partial charge in [0.15, 0.2) is 0 Å². The molecule has 1 aromatic carbocycles. The summed E-state index contributed by atoms with van der Waals surface area (Å²) in [4.78, 5) is 0. The fourth-order valence-corrected chi connectivity index (χ4v) is 2.64. The molecule has 0 aromatic heterocycles. The molecule has 0 amide bonds. The largest absolute Gasteiger partial charge is 0.378 e. The minimum Gasteiger partial charge on any atom is -0.378 e. The van der Waals surface area contributed by atoms with Gasteiger partial charge >= 0.3 is 0 Å². The molecule has 0 aliphatic carbocycles. The lowest BCUT2D eigenvalue weighted by Crippen LogP contribution is -2.30. The van der Waals surface area contributed by atoms with Crippen LogP contribution in [0.1, 0.15) is 38.3 Å². The van der Waals surface area contributed by atoms with Crippen LogP contribution in [0.15, 0.2) is 24.3 Å². The molecule has 3 unspecified atom stereocenters. The summed E-state index contributed by atoms with van der Waals surface area (Å²) in [5, 5.41) is 3.43. The number of benzene rings is 1. The predicted molar refractivity (Wildman–Crippen MR) is 71.0 cm³/mol. The van der Waals surface area contributed by atoms with Gasteiger partial charge < -0.3 is 10.1 Å². The fourth-order valence-electron chi connectivity index (χ4n) is 2.64. The van der Waals surface area contributed by atoms with Crippen molar-refractivity contribution in [2.75, 3.05) is 13.2 Å². The topological polar surface area (TPSA) is 21.3 Å². The molecule has 1 aliphatic heterocycles. The zero-order chi connectivity index (χ0) is 13.0. The van der Waals surface area contributed by atoms with Gasteiger partial charge in [-0.25, -0.2) is 4.39 Å². The van der Waals surface area contributed by atoms with E-state index in [1.807, 2.05) is 19.1 Å². The van der Waals surface area contributed by atoms with Crippen LogP contribution >= 0.6 is 0 Å². The van der Waals surface area contributed by atoms with Crippen molar-refractivity contribution in [3.8, 4) is 0 Å². The highest BCUT2D eigenvalue weighted by Gasteiger charge is 2.26. The molecule has 2 nitrogen and oxygen atoms in total. The van der Waals surface area contributed by atoms with Crippen LogP contribution in [-0.2, 0) is 4.74 Å². The van der Waals surface area contributed by atoms with E-state index in [-0.39, 0.29) is 11.9 Å². The van der Waals surface area contributed by atoms with E-state index in [9.17, 15) is 4.39 Å². The van der Waals surface area contributed by atoms with Gasteiger partial charge in [0.25, 0.3) is 0 Å². The highest BCUT2D eigenvalue weighted by atomic mass is 19.1. The van der Waals surface area contributed by atoms with Crippen LogP contribution in [-0.4, -0.2) is 19.3 Å². The summed E-state index contributed by atoms with van der Waals surface area (Å²) in [6.07, 6.45) is 2.53. The Balaban J connectivity index is 1.88. The Kier molecular flexibility index (Phi) is 4.72. The molecule has 1 aliphatic rings. The van der Waals surface area contributed by atoms with Gasteiger partial charge in [-0.2, -0.15) is 0 Å². The molecule has 3 heteroatoms. The second kappa shape index (κ2) is 6.30. The van der Waals surface area contributed by atoms with E-state index in [1.54, 1.807) is 6.07 Å². The van der Waals surface area contributed by atoms with E-state index in [0.717, 1.165) is 31.6 Å². The molecule has 1 heterocycles.